The summed E-state index contributed by atoms with van der Waals surface area (Å²) in [4.78, 5) is 10.1. The molecular formula is C19H28F3N7O. The number of hydrogen-bond acceptors (Lipinski definition) is 5. The molecule has 0 atom stereocenters. The molecule has 0 aromatic carbocycles. The summed E-state index contributed by atoms with van der Waals surface area (Å²) in [6, 6.07) is 3.59. The number of H-pyrrole nitrogens is 1. The molecule has 0 bridgehead atoms. The van der Waals surface area contributed by atoms with Crippen molar-refractivity contribution in [3.8, 4) is 11.6 Å². The topological polar surface area (TPSA) is 94.4 Å². The molecule has 1 aliphatic heterocycles. The van der Waals surface area contributed by atoms with Crippen LogP contribution in [0.3, 0.4) is 0 Å². The first-order chi connectivity index (χ1) is 14.4. The van der Waals surface area contributed by atoms with E-state index in [9.17, 15) is 13.2 Å². The van der Waals surface area contributed by atoms with E-state index in [-0.39, 0.29) is 0 Å². The molecule has 2 aromatic rings. The van der Waals surface area contributed by atoms with Gasteiger partial charge in [0.2, 0.25) is 5.82 Å². The third kappa shape index (κ3) is 7.05. The summed E-state index contributed by atoms with van der Waals surface area (Å²) in [6.45, 7) is 1.57. The molecule has 166 valence electrons. The third-order valence-electron chi connectivity index (χ3n) is 5.11. The lowest BCUT2D eigenvalue weighted by Gasteiger charge is -2.32. The lowest BCUT2D eigenvalue weighted by Crippen LogP contribution is -2.42. The van der Waals surface area contributed by atoms with Crippen LogP contribution < -0.4 is 10.6 Å². The molecule has 0 unspecified atom stereocenters. The Morgan fingerprint density at radius 1 is 1.30 bits per heavy atom. The summed E-state index contributed by atoms with van der Waals surface area (Å²) in [7, 11) is 1.70. The molecule has 0 aliphatic carbocycles. The molecule has 1 fully saturated rings. The van der Waals surface area contributed by atoms with E-state index in [4.69, 9.17) is 4.42 Å². The Balaban J connectivity index is 1.30. The maximum atomic E-state index is 12.5. The third-order valence-corrected chi connectivity index (χ3v) is 5.11. The fraction of sp³-hybridized carbons (Fsp3) is 0.632. The molecule has 2 aromatic heterocycles. The van der Waals surface area contributed by atoms with Gasteiger partial charge in [-0.05, 0) is 50.4 Å². The van der Waals surface area contributed by atoms with Crippen molar-refractivity contribution in [3.05, 3.63) is 24.2 Å². The van der Waals surface area contributed by atoms with E-state index in [2.05, 4.69) is 30.8 Å². The summed E-state index contributed by atoms with van der Waals surface area (Å²) in [5.74, 6) is 3.02. The number of piperidine rings is 1. The van der Waals surface area contributed by atoms with Crippen LogP contribution in [0.2, 0.25) is 0 Å². The largest absolute Gasteiger partial charge is 0.461 e. The van der Waals surface area contributed by atoms with E-state index in [1.54, 1.807) is 25.4 Å². The van der Waals surface area contributed by atoms with Crippen molar-refractivity contribution in [1.82, 2.24) is 30.7 Å². The van der Waals surface area contributed by atoms with Crippen molar-refractivity contribution < 1.29 is 17.6 Å². The van der Waals surface area contributed by atoms with Crippen LogP contribution >= 0.6 is 0 Å². The molecule has 0 radical (unpaired) electrons. The van der Waals surface area contributed by atoms with Gasteiger partial charge in [-0.3, -0.25) is 15.0 Å². The quantitative estimate of drug-likeness (QED) is 0.443. The summed E-state index contributed by atoms with van der Waals surface area (Å²) < 4.78 is 42.6. The number of nitrogens with one attached hydrogen (secondary N) is 3. The van der Waals surface area contributed by atoms with Crippen LogP contribution in [0.1, 0.15) is 25.1 Å². The molecule has 0 saturated carbocycles. The van der Waals surface area contributed by atoms with E-state index < -0.39 is 12.7 Å². The summed E-state index contributed by atoms with van der Waals surface area (Å²) in [6.07, 6.45) is 0.620. The normalized spacial score (nSPS) is 16.7. The number of halogens is 3. The Kier molecular flexibility index (Phi) is 7.72. The van der Waals surface area contributed by atoms with E-state index in [1.807, 2.05) is 0 Å². The van der Waals surface area contributed by atoms with E-state index >= 15 is 0 Å². The predicted octanol–water partition coefficient (Wildman–Crippen LogP) is 2.44. The number of furan rings is 1. The van der Waals surface area contributed by atoms with Crippen molar-refractivity contribution in [3.63, 3.8) is 0 Å². The van der Waals surface area contributed by atoms with Crippen LogP contribution in [-0.2, 0) is 6.42 Å². The number of aromatic nitrogens is 3. The number of hydrogen-bond donors (Lipinski definition) is 3. The standard InChI is InChI=1S/C19H28F3N7O/c1-23-18(24-8-4-14-6-10-29(11-7-14)13-19(20,21)22)25-9-5-16-26-17(28-27-16)15-3-2-12-30-15/h2-3,12,14H,4-11,13H2,1H3,(H2,23,24,25)(H,26,27,28). The van der Waals surface area contributed by atoms with Gasteiger partial charge in [0.1, 0.15) is 5.82 Å². The van der Waals surface area contributed by atoms with Crippen molar-refractivity contribution in [2.24, 2.45) is 10.9 Å². The molecule has 0 spiro atoms. The molecule has 0 amide bonds. The van der Waals surface area contributed by atoms with Crippen LogP contribution in [0.25, 0.3) is 11.6 Å². The highest BCUT2D eigenvalue weighted by atomic mass is 19.4. The van der Waals surface area contributed by atoms with E-state index in [1.165, 1.54) is 4.90 Å². The first kappa shape index (κ1) is 22.1. The van der Waals surface area contributed by atoms with Gasteiger partial charge in [-0.1, -0.05) is 0 Å². The van der Waals surface area contributed by atoms with Gasteiger partial charge < -0.3 is 15.1 Å². The second-order valence-corrected chi connectivity index (χ2v) is 7.38. The molecule has 30 heavy (non-hydrogen) atoms. The predicted molar refractivity (Wildman–Crippen MR) is 107 cm³/mol. The first-order valence-corrected chi connectivity index (χ1v) is 10.1. The molecule has 3 N–H and O–H groups in total. The minimum absolute atomic E-state index is 0.439. The average Bonchev–Trinajstić information content (AvgIpc) is 3.38. The summed E-state index contributed by atoms with van der Waals surface area (Å²) in [5, 5.41) is 13.5. The van der Waals surface area contributed by atoms with Gasteiger partial charge in [-0.2, -0.15) is 18.3 Å². The monoisotopic (exact) mass is 427 g/mol. The second-order valence-electron chi connectivity index (χ2n) is 7.38. The molecule has 1 aliphatic rings. The molecule has 1 saturated heterocycles. The van der Waals surface area contributed by atoms with Gasteiger partial charge >= 0.3 is 6.18 Å². The zero-order valence-electron chi connectivity index (χ0n) is 17.0. The van der Waals surface area contributed by atoms with Crippen molar-refractivity contribution >= 4 is 5.96 Å². The highest BCUT2D eigenvalue weighted by molar-refractivity contribution is 5.79. The van der Waals surface area contributed by atoms with Crippen molar-refractivity contribution in [2.75, 3.05) is 39.8 Å². The first-order valence-electron chi connectivity index (χ1n) is 10.1. The van der Waals surface area contributed by atoms with Crippen LogP contribution in [0, 0.1) is 5.92 Å². The number of rotatable bonds is 8. The molecular weight excluding hydrogens is 399 g/mol. The fourth-order valence-electron chi connectivity index (χ4n) is 3.52. The maximum absolute atomic E-state index is 12.5. The molecule has 3 heterocycles. The molecule has 8 nitrogen and oxygen atoms in total. The van der Waals surface area contributed by atoms with Crippen LogP contribution in [0.4, 0.5) is 13.2 Å². The Hall–Kier alpha value is -2.56. The molecule has 11 heteroatoms. The highest BCUT2D eigenvalue weighted by Gasteiger charge is 2.32. The second kappa shape index (κ2) is 10.5. The number of aromatic amines is 1. The number of alkyl halides is 3. The molecule has 3 rings (SSSR count). The van der Waals surface area contributed by atoms with Crippen LogP contribution in [0.15, 0.2) is 27.8 Å². The van der Waals surface area contributed by atoms with Gasteiger partial charge in [0.05, 0.1) is 12.8 Å². The smallest absolute Gasteiger partial charge is 0.401 e. The van der Waals surface area contributed by atoms with E-state index in [0.29, 0.717) is 49.5 Å². The highest BCUT2D eigenvalue weighted by Crippen LogP contribution is 2.24. The van der Waals surface area contributed by atoms with Crippen molar-refractivity contribution in [2.45, 2.75) is 31.9 Å². The Morgan fingerprint density at radius 3 is 2.73 bits per heavy atom. The number of aliphatic imine (C=N–C) groups is 1. The Bertz CT molecular complexity index is 780. The zero-order valence-corrected chi connectivity index (χ0v) is 17.0. The minimum atomic E-state index is -4.11. The van der Waals surface area contributed by atoms with Crippen molar-refractivity contribution in [1.29, 1.82) is 0 Å². The average molecular weight is 427 g/mol. The fourth-order valence-corrected chi connectivity index (χ4v) is 3.52. The zero-order chi connectivity index (χ0) is 21.4. The number of likely N-dealkylation sites (tertiary alicyclic amines) is 1. The van der Waals surface area contributed by atoms with Gasteiger partial charge in [-0.25, -0.2) is 4.98 Å². The van der Waals surface area contributed by atoms with Gasteiger partial charge in [0, 0.05) is 26.6 Å². The van der Waals surface area contributed by atoms with Gasteiger partial charge in [0.25, 0.3) is 0 Å². The SMILES string of the molecule is CN=C(NCCc1nc(-c2ccco2)n[nH]1)NCCC1CCN(CC(F)(F)F)CC1. The number of guanidine groups is 1. The van der Waals surface area contributed by atoms with E-state index in [0.717, 1.165) is 31.6 Å². The van der Waals surface area contributed by atoms with Gasteiger partial charge in [0.15, 0.2) is 11.7 Å². The minimum Gasteiger partial charge on any atom is -0.461 e. The number of nitrogens with zero attached hydrogens (tertiary/aromatic N) is 4. The van der Waals surface area contributed by atoms with Gasteiger partial charge in [-0.15, -0.1) is 0 Å². The summed E-state index contributed by atoms with van der Waals surface area (Å²) in [5.41, 5.74) is 0. The van der Waals surface area contributed by atoms with Crippen LogP contribution in [-0.4, -0.2) is 72.0 Å². The lowest BCUT2D eigenvalue weighted by molar-refractivity contribution is -0.148. The summed E-state index contributed by atoms with van der Waals surface area (Å²) >= 11 is 0. The lowest BCUT2D eigenvalue weighted by atomic mass is 9.93. The Morgan fingerprint density at radius 2 is 2.07 bits per heavy atom. The maximum Gasteiger partial charge on any atom is 0.401 e. The Labute approximate surface area is 173 Å². The van der Waals surface area contributed by atoms with Crippen LogP contribution in [0.5, 0.6) is 0 Å².